The lowest BCUT2D eigenvalue weighted by Crippen LogP contribution is -2.52. The Labute approximate surface area is 189 Å². The number of hydrogen-bond donors (Lipinski definition) is 3. The van der Waals surface area contributed by atoms with Crippen LogP contribution in [0.2, 0.25) is 0 Å². The molecule has 4 N–H and O–H groups in total. The summed E-state index contributed by atoms with van der Waals surface area (Å²) >= 11 is 1.68. The number of nitrogens with two attached hydrogens (primary N) is 1. The van der Waals surface area contributed by atoms with Gasteiger partial charge in [-0.15, -0.1) is 0 Å². The highest BCUT2D eigenvalue weighted by molar-refractivity contribution is 7.98. The Morgan fingerprint density at radius 1 is 1.06 bits per heavy atom. The number of phenols is 1. The zero-order valence-electron chi connectivity index (χ0n) is 18.3. The molecule has 2 amide bonds. The van der Waals surface area contributed by atoms with Crippen LogP contribution in [0, 0.1) is 0 Å². The highest BCUT2D eigenvalue weighted by atomic mass is 32.2. The van der Waals surface area contributed by atoms with Crippen molar-refractivity contribution in [1.29, 1.82) is 0 Å². The number of aryl methyl sites for hydroxylation is 1. The average Bonchev–Trinajstić information content (AvgIpc) is 2.76. The number of carbonyl (C=O) groups is 2. The maximum Gasteiger partial charge on any atom is 0.243 e. The molecule has 0 aliphatic heterocycles. The first-order valence-corrected chi connectivity index (χ1v) is 11.9. The monoisotopic (exact) mass is 443 g/mol. The van der Waals surface area contributed by atoms with Crippen molar-refractivity contribution in [2.45, 2.75) is 37.8 Å². The fraction of sp³-hybridized carbons (Fsp3) is 0.417. The van der Waals surface area contributed by atoms with Crippen molar-refractivity contribution in [1.82, 2.24) is 10.2 Å². The SMILES string of the molecule is CSCC[C@H](C(=O)NC(=O)[C@@H](N)Cc1ccc(O)cc1)N(C)CCCc1ccccc1. The maximum atomic E-state index is 12.9. The Kier molecular flexibility index (Phi) is 10.6. The van der Waals surface area contributed by atoms with E-state index in [2.05, 4.69) is 17.4 Å². The Hall–Kier alpha value is -2.35. The zero-order chi connectivity index (χ0) is 22.6. The van der Waals surface area contributed by atoms with Gasteiger partial charge in [-0.05, 0) is 74.5 Å². The molecular weight excluding hydrogens is 410 g/mol. The minimum Gasteiger partial charge on any atom is -0.508 e. The van der Waals surface area contributed by atoms with Gasteiger partial charge >= 0.3 is 0 Å². The van der Waals surface area contributed by atoms with E-state index in [1.165, 1.54) is 5.56 Å². The number of amides is 2. The molecule has 6 nitrogen and oxygen atoms in total. The van der Waals surface area contributed by atoms with E-state index < -0.39 is 11.9 Å². The molecule has 168 valence electrons. The predicted octanol–water partition coefficient (Wildman–Crippen LogP) is 2.59. The fourth-order valence-electron chi connectivity index (χ4n) is 3.39. The number of nitrogens with one attached hydrogen (secondary N) is 1. The van der Waals surface area contributed by atoms with Gasteiger partial charge in [0.1, 0.15) is 5.75 Å². The summed E-state index contributed by atoms with van der Waals surface area (Å²) in [4.78, 5) is 27.4. The molecule has 0 unspecified atom stereocenters. The first kappa shape index (κ1) is 24.9. The van der Waals surface area contributed by atoms with Crippen molar-refractivity contribution < 1.29 is 14.7 Å². The van der Waals surface area contributed by atoms with E-state index >= 15 is 0 Å². The number of rotatable bonds is 12. The van der Waals surface area contributed by atoms with E-state index in [4.69, 9.17) is 5.73 Å². The number of nitrogens with zero attached hydrogens (tertiary/aromatic N) is 1. The second kappa shape index (κ2) is 13.1. The van der Waals surface area contributed by atoms with Crippen LogP contribution in [0.4, 0.5) is 0 Å². The molecular formula is C24H33N3O3S. The summed E-state index contributed by atoms with van der Waals surface area (Å²) in [6, 6.07) is 15.6. The van der Waals surface area contributed by atoms with Crippen LogP contribution >= 0.6 is 11.8 Å². The minimum absolute atomic E-state index is 0.156. The number of imide groups is 1. The zero-order valence-corrected chi connectivity index (χ0v) is 19.1. The largest absolute Gasteiger partial charge is 0.508 e. The van der Waals surface area contributed by atoms with Crippen molar-refractivity contribution in [2.24, 2.45) is 5.73 Å². The normalized spacial score (nSPS) is 13.0. The maximum absolute atomic E-state index is 12.9. The van der Waals surface area contributed by atoms with Crippen LogP contribution in [-0.4, -0.2) is 59.5 Å². The summed E-state index contributed by atoms with van der Waals surface area (Å²) in [5.74, 6) is 0.200. The van der Waals surface area contributed by atoms with Crippen molar-refractivity contribution >= 4 is 23.6 Å². The van der Waals surface area contributed by atoms with Crippen LogP contribution in [0.15, 0.2) is 54.6 Å². The van der Waals surface area contributed by atoms with E-state index in [9.17, 15) is 14.7 Å². The third-order valence-corrected chi connectivity index (χ3v) is 5.87. The van der Waals surface area contributed by atoms with E-state index in [-0.39, 0.29) is 17.7 Å². The van der Waals surface area contributed by atoms with Crippen molar-refractivity contribution in [2.75, 3.05) is 25.6 Å². The molecule has 0 heterocycles. The molecule has 2 aromatic carbocycles. The van der Waals surface area contributed by atoms with Crippen LogP contribution < -0.4 is 11.1 Å². The first-order valence-electron chi connectivity index (χ1n) is 10.5. The van der Waals surface area contributed by atoms with Gasteiger partial charge in [-0.1, -0.05) is 42.5 Å². The number of benzene rings is 2. The van der Waals surface area contributed by atoms with Crippen molar-refractivity contribution in [3.8, 4) is 5.75 Å². The third-order valence-electron chi connectivity index (χ3n) is 5.22. The molecule has 0 bridgehead atoms. The van der Waals surface area contributed by atoms with Crippen LogP contribution in [0.5, 0.6) is 5.75 Å². The molecule has 0 saturated carbocycles. The quantitative estimate of drug-likeness (QED) is 0.467. The molecule has 0 spiro atoms. The van der Waals surface area contributed by atoms with E-state index in [0.717, 1.165) is 30.7 Å². The predicted molar refractivity (Wildman–Crippen MR) is 127 cm³/mol. The molecule has 0 aliphatic carbocycles. The lowest BCUT2D eigenvalue weighted by Gasteiger charge is -2.27. The number of hydrogen-bond acceptors (Lipinski definition) is 6. The summed E-state index contributed by atoms with van der Waals surface area (Å²) in [5, 5.41) is 11.9. The Bertz CT molecular complexity index is 815. The van der Waals surface area contributed by atoms with Gasteiger partial charge in [0.15, 0.2) is 0 Å². The highest BCUT2D eigenvalue weighted by Gasteiger charge is 2.26. The van der Waals surface area contributed by atoms with Crippen LogP contribution in [0.1, 0.15) is 24.0 Å². The number of thioether (sulfide) groups is 1. The van der Waals surface area contributed by atoms with E-state index in [1.54, 1.807) is 36.0 Å². The molecule has 31 heavy (non-hydrogen) atoms. The molecule has 2 rings (SSSR count). The molecule has 0 fully saturated rings. The van der Waals surface area contributed by atoms with Crippen LogP contribution in [0.3, 0.4) is 0 Å². The number of aromatic hydroxyl groups is 1. The van der Waals surface area contributed by atoms with Gasteiger partial charge in [0.2, 0.25) is 11.8 Å². The van der Waals surface area contributed by atoms with Crippen molar-refractivity contribution in [3.05, 3.63) is 65.7 Å². The van der Waals surface area contributed by atoms with Gasteiger partial charge in [0.25, 0.3) is 0 Å². The summed E-state index contributed by atoms with van der Waals surface area (Å²) in [5.41, 5.74) is 8.11. The number of phenolic OH excluding ortho intramolecular Hbond substituents is 1. The van der Waals surface area contributed by atoms with Gasteiger partial charge in [-0.3, -0.25) is 19.8 Å². The van der Waals surface area contributed by atoms with Gasteiger partial charge in [-0.2, -0.15) is 11.8 Å². The van der Waals surface area contributed by atoms with E-state index in [0.29, 0.717) is 12.8 Å². The number of carbonyl (C=O) groups excluding carboxylic acids is 2. The Morgan fingerprint density at radius 2 is 1.74 bits per heavy atom. The van der Waals surface area contributed by atoms with Crippen LogP contribution in [0.25, 0.3) is 0 Å². The molecule has 7 heteroatoms. The van der Waals surface area contributed by atoms with Crippen molar-refractivity contribution in [3.63, 3.8) is 0 Å². The smallest absolute Gasteiger partial charge is 0.243 e. The summed E-state index contributed by atoms with van der Waals surface area (Å²) < 4.78 is 0. The molecule has 2 aromatic rings. The molecule has 0 radical (unpaired) electrons. The summed E-state index contributed by atoms with van der Waals surface area (Å²) in [7, 11) is 1.93. The lowest BCUT2D eigenvalue weighted by atomic mass is 10.1. The van der Waals surface area contributed by atoms with E-state index in [1.807, 2.05) is 36.4 Å². The molecule has 0 aromatic heterocycles. The van der Waals surface area contributed by atoms with Gasteiger partial charge < -0.3 is 10.8 Å². The molecule has 2 atom stereocenters. The molecule has 0 aliphatic rings. The second-order valence-electron chi connectivity index (χ2n) is 7.70. The average molecular weight is 444 g/mol. The fourth-order valence-corrected chi connectivity index (χ4v) is 3.85. The number of likely N-dealkylation sites (N-methyl/N-ethyl adjacent to an activating group) is 1. The highest BCUT2D eigenvalue weighted by Crippen LogP contribution is 2.12. The Balaban J connectivity index is 1.89. The lowest BCUT2D eigenvalue weighted by molar-refractivity contribution is -0.134. The molecule has 0 saturated heterocycles. The standard InChI is InChI=1S/C24H33N3O3S/c1-27(15-6-9-18-7-4-3-5-8-18)22(14-16-31-2)24(30)26-23(29)21(25)17-19-10-12-20(28)13-11-19/h3-5,7-8,10-13,21-22,28H,6,9,14-17,25H2,1-2H3,(H,26,29,30)/t21-,22+/m0/s1. The second-order valence-corrected chi connectivity index (χ2v) is 8.68. The topological polar surface area (TPSA) is 95.7 Å². The van der Waals surface area contributed by atoms with Gasteiger partial charge in [0, 0.05) is 0 Å². The third kappa shape index (κ3) is 8.73. The van der Waals surface area contributed by atoms with Gasteiger partial charge in [0.05, 0.1) is 12.1 Å². The first-order chi connectivity index (χ1) is 14.9. The summed E-state index contributed by atoms with van der Waals surface area (Å²) in [6.45, 7) is 0.759. The van der Waals surface area contributed by atoms with Gasteiger partial charge in [-0.25, -0.2) is 0 Å². The minimum atomic E-state index is -0.835. The van der Waals surface area contributed by atoms with Crippen LogP contribution in [-0.2, 0) is 22.4 Å². The Morgan fingerprint density at radius 3 is 2.39 bits per heavy atom. The summed E-state index contributed by atoms with van der Waals surface area (Å²) in [6.07, 6.45) is 4.83.